The second-order valence-electron chi connectivity index (χ2n) is 16.5. The van der Waals surface area contributed by atoms with Gasteiger partial charge in [-0.05, 0) is 132 Å². The number of hydrogen-bond donors (Lipinski definition) is 2. The molecule has 0 bridgehead atoms. The Labute approximate surface area is 326 Å². The van der Waals surface area contributed by atoms with E-state index < -0.39 is 0 Å². The normalized spacial score (nSPS) is 23.3. The fourth-order valence-corrected chi connectivity index (χ4v) is 8.15. The van der Waals surface area contributed by atoms with Gasteiger partial charge >= 0.3 is 11.9 Å². The highest BCUT2D eigenvalue weighted by Crippen LogP contribution is 2.30. The molecule has 9 nitrogen and oxygen atoms in total. The smallest absolute Gasteiger partial charge is 0.311 e. The predicted octanol–water partition coefficient (Wildman–Crippen LogP) is 8.11. The summed E-state index contributed by atoms with van der Waals surface area (Å²) in [6, 6.07) is 24.6. The van der Waals surface area contributed by atoms with Crippen LogP contribution in [0.2, 0.25) is 0 Å². The van der Waals surface area contributed by atoms with Crippen molar-refractivity contribution in [2.75, 3.05) is 40.4 Å². The van der Waals surface area contributed by atoms with Gasteiger partial charge in [0, 0.05) is 39.3 Å². The number of methoxy groups -OCH3 is 2. The summed E-state index contributed by atoms with van der Waals surface area (Å²) in [5, 5.41) is 23.1. The zero-order valence-corrected chi connectivity index (χ0v) is 33.1. The molecule has 4 aliphatic rings. The van der Waals surface area contributed by atoms with Crippen molar-refractivity contribution in [3.8, 4) is 11.5 Å². The number of ether oxygens (including phenoxy) is 3. The maximum absolute atomic E-state index is 11.5. The zero-order chi connectivity index (χ0) is 38.9. The third-order valence-electron chi connectivity index (χ3n) is 11.8. The maximum atomic E-state index is 11.5. The number of carbonyl (C=O) groups excluding carboxylic acids is 2. The number of nitrogens with zero attached hydrogens (tertiary/aromatic N) is 2. The van der Waals surface area contributed by atoms with E-state index in [0.717, 1.165) is 80.5 Å². The Balaban J connectivity index is 0.000000160. The number of fused-ring (bicyclic) bond motifs is 2. The average Bonchev–Trinajstić information content (AvgIpc) is 3.16. The molecule has 8 rings (SSSR count). The van der Waals surface area contributed by atoms with Crippen LogP contribution in [0.1, 0.15) is 76.3 Å². The number of aliphatic hydroxyl groups excluding tert-OH is 1. The summed E-state index contributed by atoms with van der Waals surface area (Å²) in [6.45, 7) is 9.41. The number of hydrogen-bond acceptors (Lipinski definition) is 9. The van der Waals surface area contributed by atoms with Crippen molar-refractivity contribution < 1.29 is 34.0 Å². The van der Waals surface area contributed by atoms with E-state index in [1.165, 1.54) is 74.6 Å². The van der Waals surface area contributed by atoms with E-state index in [9.17, 15) is 14.7 Å². The van der Waals surface area contributed by atoms with Crippen molar-refractivity contribution in [2.24, 2.45) is 23.7 Å². The SMILES string of the molecule is CC1CCC(O)CC1.COC(=O)C1CN(Cc2ccc3cc(O)ccc3c2)C1.COC(=O)C1CN(Cc2ccc3cc(OC4CCC(C)CC4)ccc3c2)C1. The molecule has 0 radical (unpaired) electrons. The summed E-state index contributed by atoms with van der Waals surface area (Å²) in [4.78, 5) is 27.3. The minimum atomic E-state index is -0.116. The molecule has 4 aromatic rings. The number of benzene rings is 4. The predicted molar refractivity (Wildman–Crippen MR) is 217 cm³/mol. The lowest BCUT2D eigenvalue weighted by molar-refractivity contribution is -0.152. The lowest BCUT2D eigenvalue weighted by atomic mass is 9.89. The third kappa shape index (κ3) is 11.4. The molecule has 0 amide bonds. The first-order valence-electron chi connectivity index (χ1n) is 20.2. The van der Waals surface area contributed by atoms with Crippen LogP contribution in [0.15, 0.2) is 72.8 Å². The summed E-state index contributed by atoms with van der Waals surface area (Å²) in [5.41, 5.74) is 2.49. The number of phenols is 1. The van der Waals surface area contributed by atoms with Crippen LogP contribution in [0, 0.1) is 23.7 Å². The molecule has 2 aliphatic carbocycles. The highest BCUT2D eigenvalue weighted by Gasteiger charge is 2.34. The minimum absolute atomic E-state index is 0.0196. The summed E-state index contributed by atoms with van der Waals surface area (Å²) < 4.78 is 15.8. The van der Waals surface area contributed by atoms with Gasteiger partial charge in [-0.2, -0.15) is 0 Å². The average molecular weight is 753 g/mol. The first kappa shape index (κ1) is 40.5. The topological polar surface area (TPSA) is 109 Å². The highest BCUT2D eigenvalue weighted by molar-refractivity contribution is 5.85. The molecule has 2 saturated heterocycles. The fourth-order valence-electron chi connectivity index (χ4n) is 8.15. The maximum Gasteiger partial charge on any atom is 0.311 e. The molecule has 0 atom stereocenters. The van der Waals surface area contributed by atoms with Crippen molar-refractivity contribution >= 4 is 33.5 Å². The van der Waals surface area contributed by atoms with Gasteiger partial charge in [-0.15, -0.1) is 0 Å². The summed E-state index contributed by atoms with van der Waals surface area (Å²) in [7, 11) is 2.89. The van der Waals surface area contributed by atoms with Gasteiger partial charge in [0.15, 0.2) is 0 Å². The second-order valence-corrected chi connectivity index (χ2v) is 16.5. The quantitative estimate of drug-likeness (QED) is 0.173. The number of aliphatic hydroxyl groups is 1. The molecule has 2 heterocycles. The van der Waals surface area contributed by atoms with Gasteiger partial charge in [0.1, 0.15) is 11.5 Å². The Kier molecular flexibility index (Phi) is 14.1. The van der Waals surface area contributed by atoms with Crippen LogP contribution in [0.25, 0.3) is 21.5 Å². The molecule has 55 heavy (non-hydrogen) atoms. The second kappa shape index (κ2) is 19.1. The van der Waals surface area contributed by atoms with Gasteiger partial charge in [0.2, 0.25) is 0 Å². The molecular formula is C46H60N2O7. The number of phenolic OH excluding ortho intramolecular Hbond substituents is 1. The Morgan fingerprint density at radius 3 is 1.53 bits per heavy atom. The Bertz CT molecular complexity index is 1860. The van der Waals surface area contributed by atoms with Crippen molar-refractivity contribution in [3.05, 3.63) is 83.9 Å². The van der Waals surface area contributed by atoms with Gasteiger partial charge in [-0.3, -0.25) is 19.4 Å². The molecule has 296 valence electrons. The number of likely N-dealkylation sites (tertiary alicyclic amines) is 2. The van der Waals surface area contributed by atoms with Gasteiger partial charge in [0.05, 0.1) is 38.3 Å². The van der Waals surface area contributed by atoms with Crippen LogP contribution in [0.5, 0.6) is 11.5 Å². The zero-order valence-electron chi connectivity index (χ0n) is 33.1. The van der Waals surface area contributed by atoms with E-state index in [0.29, 0.717) is 6.10 Å². The highest BCUT2D eigenvalue weighted by atomic mass is 16.5. The minimum Gasteiger partial charge on any atom is -0.508 e. The van der Waals surface area contributed by atoms with Crippen LogP contribution in [-0.4, -0.2) is 84.6 Å². The molecule has 0 aromatic heterocycles. The van der Waals surface area contributed by atoms with Crippen molar-refractivity contribution in [2.45, 2.75) is 90.5 Å². The van der Waals surface area contributed by atoms with E-state index >= 15 is 0 Å². The molecule has 9 heteroatoms. The first-order valence-corrected chi connectivity index (χ1v) is 20.2. The van der Waals surface area contributed by atoms with Crippen LogP contribution in [-0.2, 0) is 32.2 Å². The molecule has 0 spiro atoms. The van der Waals surface area contributed by atoms with Gasteiger partial charge in [-0.1, -0.05) is 50.2 Å². The van der Waals surface area contributed by atoms with Gasteiger partial charge in [-0.25, -0.2) is 0 Å². The first-order chi connectivity index (χ1) is 26.5. The van der Waals surface area contributed by atoms with E-state index in [1.54, 1.807) is 12.1 Å². The monoisotopic (exact) mass is 752 g/mol. The molecule has 0 unspecified atom stereocenters. The van der Waals surface area contributed by atoms with Crippen LogP contribution in [0.3, 0.4) is 0 Å². The molecule has 4 aromatic carbocycles. The summed E-state index contributed by atoms with van der Waals surface area (Å²) in [5.74, 6) is 2.83. The Morgan fingerprint density at radius 2 is 1.04 bits per heavy atom. The lowest BCUT2D eigenvalue weighted by Gasteiger charge is -2.37. The Hall–Kier alpha value is -4.18. The summed E-state index contributed by atoms with van der Waals surface area (Å²) in [6.07, 6.45) is 9.77. The van der Waals surface area contributed by atoms with Crippen molar-refractivity contribution in [1.29, 1.82) is 0 Å². The van der Waals surface area contributed by atoms with E-state index in [1.807, 2.05) is 12.1 Å². The van der Waals surface area contributed by atoms with E-state index in [4.69, 9.17) is 19.3 Å². The largest absolute Gasteiger partial charge is 0.508 e. The van der Waals surface area contributed by atoms with Crippen LogP contribution >= 0.6 is 0 Å². The van der Waals surface area contributed by atoms with E-state index in [-0.39, 0.29) is 35.6 Å². The Morgan fingerprint density at radius 1 is 0.600 bits per heavy atom. The number of carbonyl (C=O) groups is 2. The van der Waals surface area contributed by atoms with Crippen molar-refractivity contribution in [3.63, 3.8) is 0 Å². The molecule has 2 N–H and O–H groups in total. The number of rotatable bonds is 8. The lowest BCUT2D eigenvalue weighted by Crippen LogP contribution is -2.49. The molecule has 2 aliphatic heterocycles. The third-order valence-corrected chi connectivity index (χ3v) is 11.8. The van der Waals surface area contributed by atoms with Crippen LogP contribution < -0.4 is 4.74 Å². The molecule has 2 saturated carbocycles. The van der Waals surface area contributed by atoms with Gasteiger partial charge < -0.3 is 24.4 Å². The number of aromatic hydroxyl groups is 1. The fraction of sp³-hybridized carbons (Fsp3) is 0.522. The van der Waals surface area contributed by atoms with Crippen molar-refractivity contribution in [1.82, 2.24) is 9.80 Å². The van der Waals surface area contributed by atoms with E-state index in [2.05, 4.69) is 72.2 Å². The molecular weight excluding hydrogens is 693 g/mol. The molecule has 4 fully saturated rings. The van der Waals surface area contributed by atoms with Gasteiger partial charge in [0.25, 0.3) is 0 Å². The number of esters is 2. The standard InChI is InChI=1S/C23H29NO3.C16H17NO3.C7H14O/c1-16-3-8-21(9-4-16)27-22-10-7-18-11-17(5-6-19(18)12-22)13-24-14-20(15-24)23(25)26-2;1-20-16(19)14-9-17(10-14)8-11-2-3-13-7-15(18)5-4-12(13)6-11;1-6-2-4-7(8)5-3-6/h5-7,10-12,16,20-21H,3-4,8-9,13-15H2,1-2H3;2-7,14,18H,8-10H2,1H3;6-8H,2-5H2,1H3. The van der Waals surface area contributed by atoms with Crippen LogP contribution in [0.4, 0.5) is 0 Å². The summed E-state index contributed by atoms with van der Waals surface area (Å²) >= 11 is 0.